The van der Waals surface area contributed by atoms with Gasteiger partial charge in [-0.1, -0.05) is 6.92 Å². The van der Waals surface area contributed by atoms with Crippen LogP contribution in [-0.4, -0.2) is 63.8 Å². The lowest BCUT2D eigenvalue weighted by Gasteiger charge is -2.21. The van der Waals surface area contributed by atoms with Crippen molar-refractivity contribution < 1.29 is 19.3 Å². The maximum Gasteiger partial charge on any atom is 0.109 e. The number of hydrogen-bond donors (Lipinski definition) is 1. The largest absolute Gasteiger partial charge is 0.390 e. The summed E-state index contributed by atoms with van der Waals surface area (Å²) in [6.07, 6.45) is 1.17. The lowest BCUT2D eigenvalue weighted by Crippen LogP contribution is -2.32. The van der Waals surface area contributed by atoms with Gasteiger partial charge < -0.3 is 19.3 Å². The Bertz CT molecular complexity index is 254. The second kappa shape index (κ2) is 5.74. The molecule has 2 saturated heterocycles. The average Bonchev–Trinajstić information content (AvgIpc) is 2.78. The van der Waals surface area contributed by atoms with Crippen LogP contribution in [0.5, 0.6) is 0 Å². The van der Waals surface area contributed by atoms with Crippen molar-refractivity contribution in [2.75, 3.05) is 6.61 Å². The maximum absolute atomic E-state index is 9.67. The van der Waals surface area contributed by atoms with Gasteiger partial charge >= 0.3 is 0 Å². The smallest absolute Gasteiger partial charge is 0.109 e. The molecule has 0 saturated carbocycles. The molecule has 2 heterocycles. The van der Waals surface area contributed by atoms with E-state index in [9.17, 15) is 5.11 Å². The fourth-order valence-electron chi connectivity index (χ4n) is 2.41. The minimum Gasteiger partial charge on any atom is -0.390 e. The summed E-state index contributed by atoms with van der Waals surface area (Å²) in [7, 11) is 11.3. The summed E-state index contributed by atoms with van der Waals surface area (Å²) in [5.41, 5.74) is 0. The predicted octanol–water partition coefficient (Wildman–Crippen LogP) is -0.291. The molecule has 6 heteroatoms. The molecule has 0 spiro atoms. The summed E-state index contributed by atoms with van der Waals surface area (Å²) in [5.74, 6) is 0. The number of aliphatic hydroxyl groups excluding tert-OH is 1. The highest BCUT2D eigenvalue weighted by Gasteiger charge is 2.35. The highest BCUT2D eigenvalue weighted by atomic mass is 16.6. The van der Waals surface area contributed by atoms with Crippen LogP contribution in [0.3, 0.4) is 0 Å². The van der Waals surface area contributed by atoms with Crippen molar-refractivity contribution in [3.63, 3.8) is 0 Å². The summed E-state index contributed by atoms with van der Waals surface area (Å²) in [5, 5.41) is 9.67. The van der Waals surface area contributed by atoms with Crippen LogP contribution in [0.2, 0.25) is 0 Å². The van der Waals surface area contributed by atoms with Crippen molar-refractivity contribution in [2.24, 2.45) is 0 Å². The van der Waals surface area contributed by atoms with Crippen molar-refractivity contribution in [1.82, 2.24) is 0 Å². The summed E-state index contributed by atoms with van der Waals surface area (Å²) in [6, 6.07) is -0.635. The maximum atomic E-state index is 9.67. The molecule has 1 N–H and O–H groups in total. The molecule has 2 aliphatic heterocycles. The van der Waals surface area contributed by atoms with Gasteiger partial charge in [0.05, 0.1) is 24.9 Å². The summed E-state index contributed by atoms with van der Waals surface area (Å²) in [6.45, 7) is 2.38. The minimum atomic E-state index is -0.541. The SMILES string of the molecule is [B][C@H]1CC(O)[C@@H](COC2C[C@H]([B])O[C@@H]2CC)O1. The fourth-order valence-corrected chi connectivity index (χ4v) is 2.41. The van der Waals surface area contributed by atoms with Gasteiger partial charge in [-0.15, -0.1) is 0 Å². The molecule has 4 radical (unpaired) electrons. The summed E-state index contributed by atoms with van der Waals surface area (Å²) < 4.78 is 16.6. The van der Waals surface area contributed by atoms with Gasteiger partial charge in [-0.2, -0.15) is 0 Å². The lowest BCUT2D eigenvalue weighted by molar-refractivity contribution is -0.0738. The lowest BCUT2D eigenvalue weighted by atomic mass is 9.95. The molecule has 6 atom stereocenters. The Kier molecular flexibility index (Phi) is 4.53. The van der Waals surface area contributed by atoms with Gasteiger partial charge in [-0.25, -0.2) is 0 Å². The predicted molar refractivity (Wildman–Crippen MR) is 64.1 cm³/mol. The van der Waals surface area contributed by atoms with Crippen LogP contribution in [-0.2, 0) is 14.2 Å². The van der Waals surface area contributed by atoms with Crippen molar-refractivity contribution in [3.05, 3.63) is 0 Å². The fraction of sp³-hybridized carbons (Fsp3) is 1.00. The summed E-state index contributed by atoms with van der Waals surface area (Å²) >= 11 is 0. The van der Waals surface area contributed by atoms with Crippen molar-refractivity contribution in [3.8, 4) is 0 Å². The van der Waals surface area contributed by atoms with Crippen molar-refractivity contribution >= 4 is 15.7 Å². The van der Waals surface area contributed by atoms with Gasteiger partial charge in [0, 0.05) is 12.0 Å². The quantitative estimate of drug-likeness (QED) is 0.681. The van der Waals surface area contributed by atoms with E-state index in [0.717, 1.165) is 6.42 Å². The highest BCUT2D eigenvalue weighted by molar-refractivity contribution is 6.11. The van der Waals surface area contributed by atoms with Crippen molar-refractivity contribution in [1.29, 1.82) is 0 Å². The van der Waals surface area contributed by atoms with E-state index in [0.29, 0.717) is 19.4 Å². The van der Waals surface area contributed by atoms with Crippen LogP contribution in [0.15, 0.2) is 0 Å². The van der Waals surface area contributed by atoms with Crippen LogP contribution in [0, 0.1) is 0 Å². The van der Waals surface area contributed by atoms with E-state index in [1.165, 1.54) is 0 Å². The molecule has 2 fully saturated rings. The van der Waals surface area contributed by atoms with Crippen LogP contribution in [0.1, 0.15) is 26.2 Å². The Morgan fingerprint density at radius 1 is 1.18 bits per heavy atom. The molecule has 17 heavy (non-hydrogen) atoms. The molecule has 0 aliphatic carbocycles. The first kappa shape index (κ1) is 13.4. The molecule has 4 nitrogen and oxygen atoms in total. The first-order valence-electron chi connectivity index (χ1n) is 6.22. The molecule has 0 aromatic rings. The number of ether oxygens (including phenoxy) is 3. The molecular formula is C11H18B2O4. The zero-order valence-corrected chi connectivity index (χ0v) is 10.1. The molecule has 92 valence electrons. The number of rotatable bonds is 4. The van der Waals surface area contributed by atoms with E-state index < -0.39 is 6.10 Å². The zero-order valence-electron chi connectivity index (χ0n) is 10.1. The molecule has 0 amide bonds. The Morgan fingerprint density at radius 3 is 2.41 bits per heavy atom. The molecule has 2 rings (SSSR count). The second-order valence-corrected chi connectivity index (χ2v) is 4.74. The second-order valence-electron chi connectivity index (χ2n) is 4.74. The van der Waals surface area contributed by atoms with Crippen LogP contribution in [0.25, 0.3) is 0 Å². The Balaban J connectivity index is 1.78. The monoisotopic (exact) mass is 236 g/mol. The molecule has 2 unspecified atom stereocenters. The van der Waals surface area contributed by atoms with Crippen LogP contribution < -0.4 is 0 Å². The molecule has 0 bridgehead atoms. The van der Waals surface area contributed by atoms with Gasteiger partial charge in [-0.3, -0.25) is 0 Å². The van der Waals surface area contributed by atoms with E-state index in [2.05, 4.69) is 0 Å². The van der Waals surface area contributed by atoms with Crippen LogP contribution >= 0.6 is 0 Å². The van der Waals surface area contributed by atoms with Crippen molar-refractivity contribution in [2.45, 2.75) is 62.6 Å². The number of aliphatic hydroxyl groups is 1. The first-order valence-corrected chi connectivity index (χ1v) is 6.22. The molecular weight excluding hydrogens is 218 g/mol. The molecule has 2 aliphatic rings. The van der Waals surface area contributed by atoms with Gasteiger partial charge in [0.25, 0.3) is 0 Å². The summed E-state index contributed by atoms with van der Waals surface area (Å²) in [4.78, 5) is 0. The van der Waals surface area contributed by atoms with E-state index >= 15 is 0 Å². The van der Waals surface area contributed by atoms with Gasteiger partial charge in [0.2, 0.25) is 0 Å². The zero-order chi connectivity index (χ0) is 12.4. The van der Waals surface area contributed by atoms with E-state index in [1.54, 1.807) is 0 Å². The third-order valence-corrected chi connectivity index (χ3v) is 3.36. The highest BCUT2D eigenvalue weighted by Crippen LogP contribution is 2.25. The van der Waals surface area contributed by atoms with E-state index in [-0.39, 0.29) is 30.3 Å². The first-order chi connectivity index (χ1) is 8.10. The topological polar surface area (TPSA) is 47.9 Å². The molecule has 0 aromatic heterocycles. The Hall–Kier alpha value is -0.0301. The minimum absolute atomic E-state index is 0.0115. The third-order valence-electron chi connectivity index (χ3n) is 3.36. The van der Waals surface area contributed by atoms with Gasteiger partial charge in [0.1, 0.15) is 21.8 Å². The molecule has 0 aromatic carbocycles. The van der Waals surface area contributed by atoms with E-state index in [1.807, 2.05) is 6.92 Å². The van der Waals surface area contributed by atoms with E-state index in [4.69, 9.17) is 29.9 Å². The van der Waals surface area contributed by atoms with Gasteiger partial charge in [-0.05, 0) is 19.3 Å². The Morgan fingerprint density at radius 2 is 1.82 bits per heavy atom. The van der Waals surface area contributed by atoms with Gasteiger partial charge in [0.15, 0.2) is 0 Å². The standard InChI is InChI=1S/C11H18B2O4/c1-2-7-8(4-11(13)16-7)15-5-9-6(14)3-10(12)17-9/h6-11,14H,2-5H2,1H3/t6?,7-,8?,9-,10-,11-/m1/s1. The Labute approximate surface area is 105 Å². The van der Waals surface area contributed by atoms with Crippen LogP contribution in [0.4, 0.5) is 0 Å². The average molecular weight is 236 g/mol. The number of hydrogen-bond acceptors (Lipinski definition) is 4. The normalized spacial score (nSPS) is 46.5. The third kappa shape index (κ3) is 3.25.